The normalized spacial score (nSPS) is 10.1. The van der Waals surface area contributed by atoms with Gasteiger partial charge in [0.15, 0.2) is 5.69 Å². The average Bonchev–Trinajstić information content (AvgIpc) is 2.73. The third kappa shape index (κ3) is 4.42. The van der Waals surface area contributed by atoms with Gasteiger partial charge in [0.1, 0.15) is 0 Å². The molecule has 2 N–H and O–H groups in total. The summed E-state index contributed by atoms with van der Waals surface area (Å²) in [5.41, 5.74) is 1.10. The maximum Gasteiger partial charge on any atom is 0.335 e. The fraction of sp³-hybridized carbons (Fsp3) is 0. The molecule has 6 heteroatoms. The SMILES string of the molecule is O=C(O)c1ccc2c(Br)cccc2c1.[C-]#[N+]c1cccc2cc(C(=O)O)ccc12. The minimum Gasteiger partial charge on any atom is -0.478 e. The Kier molecular flexibility index (Phi) is 5.91. The van der Waals surface area contributed by atoms with E-state index in [4.69, 9.17) is 16.8 Å². The number of carboxylic acids is 2. The van der Waals surface area contributed by atoms with Crippen LogP contribution < -0.4 is 0 Å². The molecule has 0 aliphatic rings. The minimum atomic E-state index is -0.954. The third-order valence-corrected chi connectivity index (χ3v) is 4.99. The molecule has 0 saturated carbocycles. The van der Waals surface area contributed by atoms with E-state index in [-0.39, 0.29) is 5.56 Å². The van der Waals surface area contributed by atoms with E-state index in [9.17, 15) is 9.59 Å². The Morgan fingerprint density at radius 2 is 1.28 bits per heavy atom. The van der Waals surface area contributed by atoms with Crippen LogP contribution in [0.25, 0.3) is 26.4 Å². The van der Waals surface area contributed by atoms with Crippen molar-refractivity contribution in [2.45, 2.75) is 0 Å². The van der Waals surface area contributed by atoms with Crippen molar-refractivity contribution in [3.63, 3.8) is 0 Å². The van der Waals surface area contributed by atoms with Crippen molar-refractivity contribution in [1.82, 2.24) is 0 Å². The molecule has 0 aliphatic heterocycles. The zero-order valence-corrected chi connectivity index (χ0v) is 16.6. The summed E-state index contributed by atoms with van der Waals surface area (Å²) in [6.07, 6.45) is 0. The van der Waals surface area contributed by atoms with Gasteiger partial charge >= 0.3 is 11.9 Å². The average molecular weight is 448 g/mol. The molecule has 142 valence electrons. The Morgan fingerprint density at radius 1 is 0.759 bits per heavy atom. The molecule has 29 heavy (non-hydrogen) atoms. The van der Waals surface area contributed by atoms with E-state index in [0.29, 0.717) is 11.3 Å². The monoisotopic (exact) mass is 447 g/mol. The first kappa shape index (κ1) is 20.1. The molecular weight excluding hydrogens is 434 g/mol. The molecule has 0 amide bonds. The van der Waals surface area contributed by atoms with Crippen LogP contribution in [0.2, 0.25) is 0 Å². The van der Waals surface area contributed by atoms with Crippen LogP contribution in [0.3, 0.4) is 0 Å². The lowest BCUT2D eigenvalue weighted by molar-refractivity contribution is 0.0686. The number of hydrogen-bond donors (Lipinski definition) is 2. The zero-order chi connectivity index (χ0) is 21.0. The van der Waals surface area contributed by atoms with E-state index in [1.54, 1.807) is 42.5 Å². The third-order valence-electron chi connectivity index (χ3n) is 4.30. The molecule has 0 fully saturated rings. The molecule has 0 spiro atoms. The lowest BCUT2D eigenvalue weighted by atomic mass is 10.1. The van der Waals surface area contributed by atoms with Crippen LogP contribution in [0.1, 0.15) is 20.7 Å². The van der Waals surface area contributed by atoms with E-state index < -0.39 is 11.9 Å². The van der Waals surface area contributed by atoms with E-state index in [1.807, 2.05) is 24.3 Å². The molecule has 0 atom stereocenters. The number of carbonyl (C=O) groups is 2. The Labute approximate surface area is 174 Å². The molecule has 0 bridgehead atoms. The van der Waals surface area contributed by atoms with E-state index >= 15 is 0 Å². The molecule has 5 nitrogen and oxygen atoms in total. The lowest BCUT2D eigenvalue weighted by Crippen LogP contribution is -1.95. The molecule has 0 radical (unpaired) electrons. The molecule has 4 aromatic rings. The summed E-state index contributed by atoms with van der Waals surface area (Å²) in [7, 11) is 0. The van der Waals surface area contributed by atoms with Crippen LogP contribution in [-0.2, 0) is 0 Å². The summed E-state index contributed by atoms with van der Waals surface area (Å²) in [5.74, 6) is -1.85. The van der Waals surface area contributed by atoms with E-state index in [2.05, 4.69) is 20.8 Å². The number of hydrogen-bond acceptors (Lipinski definition) is 2. The topological polar surface area (TPSA) is 79.0 Å². The molecule has 0 heterocycles. The van der Waals surface area contributed by atoms with Gasteiger partial charge in [0, 0.05) is 4.47 Å². The highest BCUT2D eigenvalue weighted by Crippen LogP contribution is 2.27. The number of carboxylic acid groups (broad SMARTS) is 2. The summed E-state index contributed by atoms with van der Waals surface area (Å²) in [4.78, 5) is 24.8. The van der Waals surface area contributed by atoms with Crippen molar-refractivity contribution in [1.29, 1.82) is 0 Å². The molecule has 0 saturated heterocycles. The minimum absolute atomic E-state index is 0.240. The smallest absolute Gasteiger partial charge is 0.335 e. The summed E-state index contributed by atoms with van der Waals surface area (Å²) in [6.45, 7) is 6.97. The van der Waals surface area contributed by atoms with Crippen LogP contribution in [0.15, 0.2) is 77.3 Å². The second kappa shape index (κ2) is 8.55. The quantitative estimate of drug-likeness (QED) is 0.349. The number of fused-ring (bicyclic) bond motifs is 2. The highest BCUT2D eigenvalue weighted by Gasteiger charge is 2.06. The van der Waals surface area contributed by atoms with Gasteiger partial charge in [-0.25, -0.2) is 14.4 Å². The standard InChI is InChI=1S/C12H7NO2.C11H7BrO2/c1-13-11-4-2-3-8-7-9(12(14)15)5-6-10(8)11;12-10-3-1-2-7-6-8(11(13)14)4-5-9(7)10/h2-7H,(H,14,15);1-6H,(H,13,14). The van der Waals surface area contributed by atoms with Gasteiger partial charge in [0.05, 0.1) is 17.7 Å². The van der Waals surface area contributed by atoms with Gasteiger partial charge in [-0.1, -0.05) is 58.4 Å². The fourth-order valence-electron chi connectivity index (χ4n) is 2.87. The molecule has 4 aromatic carbocycles. The summed E-state index contributed by atoms with van der Waals surface area (Å²) in [5, 5.41) is 21.1. The highest BCUT2D eigenvalue weighted by atomic mass is 79.9. The fourth-order valence-corrected chi connectivity index (χ4v) is 3.39. The van der Waals surface area contributed by atoms with Crippen LogP contribution in [0.4, 0.5) is 5.69 Å². The highest BCUT2D eigenvalue weighted by molar-refractivity contribution is 9.10. The maximum absolute atomic E-state index is 10.7. The van der Waals surface area contributed by atoms with Crippen LogP contribution in [0, 0.1) is 6.57 Å². The molecule has 0 aliphatic carbocycles. The van der Waals surface area contributed by atoms with Gasteiger partial charge in [-0.3, -0.25) is 0 Å². The van der Waals surface area contributed by atoms with E-state index in [1.165, 1.54) is 6.07 Å². The zero-order valence-electron chi connectivity index (χ0n) is 15.0. The Balaban J connectivity index is 0.000000166. The van der Waals surface area contributed by atoms with Crippen molar-refractivity contribution in [2.75, 3.05) is 0 Å². The molecule has 0 aromatic heterocycles. The van der Waals surface area contributed by atoms with Crippen LogP contribution >= 0.6 is 15.9 Å². The number of benzene rings is 4. The van der Waals surface area contributed by atoms with Crippen molar-refractivity contribution in [3.05, 3.63) is 99.8 Å². The van der Waals surface area contributed by atoms with Crippen LogP contribution in [-0.4, -0.2) is 22.2 Å². The molecular formula is C23H14BrNO4. The van der Waals surface area contributed by atoms with E-state index in [0.717, 1.165) is 26.0 Å². The van der Waals surface area contributed by atoms with Gasteiger partial charge < -0.3 is 10.2 Å². The Bertz CT molecular complexity index is 1290. The predicted molar refractivity (Wildman–Crippen MR) is 116 cm³/mol. The predicted octanol–water partition coefficient (Wildman–Crippen LogP) is 6.39. The first-order valence-corrected chi connectivity index (χ1v) is 9.25. The van der Waals surface area contributed by atoms with Gasteiger partial charge in [0.2, 0.25) is 0 Å². The number of rotatable bonds is 2. The van der Waals surface area contributed by atoms with Crippen LogP contribution in [0.5, 0.6) is 0 Å². The van der Waals surface area contributed by atoms with Crippen molar-refractivity contribution in [3.8, 4) is 0 Å². The second-order valence-corrected chi connectivity index (χ2v) is 6.97. The maximum atomic E-state index is 10.7. The summed E-state index contributed by atoms with van der Waals surface area (Å²) < 4.78 is 0.979. The lowest BCUT2D eigenvalue weighted by Gasteiger charge is -2.01. The Hall–Kier alpha value is -3.69. The summed E-state index contributed by atoms with van der Waals surface area (Å²) >= 11 is 3.41. The van der Waals surface area contributed by atoms with Gasteiger partial charge in [-0.05, 0) is 51.9 Å². The second-order valence-electron chi connectivity index (χ2n) is 6.11. The number of nitrogens with zero attached hydrogens (tertiary/aromatic N) is 1. The van der Waals surface area contributed by atoms with Crippen molar-refractivity contribution in [2.24, 2.45) is 0 Å². The first-order chi connectivity index (χ1) is 13.9. The van der Waals surface area contributed by atoms with Crippen molar-refractivity contribution >= 4 is 55.1 Å². The van der Waals surface area contributed by atoms with Gasteiger partial charge in [-0.15, -0.1) is 0 Å². The van der Waals surface area contributed by atoms with Crippen molar-refractivity contribution < 1.29 is 19.8 Å². The van der Waals surface area contributed by atoms with Gasteiger partial charge in [-0.2, -0.15) is 0 Å². The number of aromatic carboxylic acids is 2. The number of halogens is 1. The molecule has 4 rings (SSSR count). The summed E-state index contributed by atoms with van der Waals surface area (Å²) in [6, 6.07) is 20.8. The molecule has 0 unspecified atom stereocenters. The Morgan fingerprint density at radius 3 is 1.83 bits per heavy atom. The van der Waals surface area contributed by atoms with Gasteiger partial charge in [0.25, 0.3) is 0 Å². The first-order valence-electron chi connectivity index (χ1n) is 8.46. The largest absolute Gasteiger partial charge is 0.478 e.